The summed E-state index contributed by atoms with van der Waals surface area (Å²) in [5, 5.41) is 5.77. The normalized spacial score (nSPS) is 17.8. The number of carbonyl (C=O) groups is 1. The van der Waals surface area contributed by atoms with Crippen LogP contribution in [0.5, 0.6) is 0 Å². The zero-order chi connectivity index (χ0) is 13.7. The number of aliphatic imine (C=N–C) groups is 1. The minimum Gasteiger partial charge on any atom is -0.370 e. The molecule has 1 aromatic carbocycles. The summed E-state index contributed by atoms with van der Waals surface area (Å²) in [7, 11) is 0. The maximum atomic E-state index is 11.9. The highest BCUT2D eigenvalue weighted by atomic mass is 16.2. The Bertz CT molecular complexity index is 510. The molecule has 5 heteroatoms. The fourth-order valence-corrected chi connectivity index (χ4v) is 2.11. The molecule has 2 rings (SSSR count). The minimum atomic E-state index is -0.132. The van der Waals surface area contributed by atoms with E-state index in [1.165, 1.54) is 0 Å². The number of hydrogen-bond donors (Lipinski definition) is 3. The van der Waals surface area contributed by atoms with Crippen LogP contribution in [0.15, 0.2) is 41.9 Å². The molecule has 0 fully saturated rings. The number of nitrogens with two attached hydrogens (primary N) is 1. The molecule has 1 atom stereocenters. The molecule has 0 aromatic heterocycles. The maximum Gasteiger partial charge on any atom is 0.232 e. The van der Waals surface area contributed by atoms with Gasteiger partial charge in [0.25, 0.3) is 0 Å². The molecule has 1 heterocycles. The maximum absolute atomic E-state index is 11.9. The quantitative estimate of drug-likeness (QED) is 0.422. The summed E-state index contributed by atoms with van der Waals surface area (Å²) in [5.41, 5.74) is 7.61. The van der Waals surface area contributed by atoms with Crippen LogP contribution in [0.1, 0.15) is 17.9 Å². The van der Waals surface area contributed by atoms with Crippen molar-refractivity contribution in [3.63, 3.8) is 0 Å². The van der Waals surface area contributed by atoms with Gasteiger partial charge in [-0.1, -0.05) is 24.3 Å². The van der Waals surface area contributed by atoms with Crippen LogP contribution >= 0.6 is 0 Å². The fourth-order valence-electron chi connectivity index (χ4n) is 2.11. The Hall–Kier alpha value is -2.30. The Kier molecular flexibility index (Phi) is 4.18. The first-order valence-electron chi connectivity index (χ1n) is 6.27. The summed E-state index contributed by atoms with van der Waals surface area (Å²) >= 11 is 0. The van der Waals surface area contributed by atoms with Crippen molar-refractivity contribution in [1.82, 2.24) is 5.32 Å². The minimum absolute atomic E-state index is 0.0361. The highest BCUT2D eigenvalue weighted by molar-refractivity contribution is 6.02. The van der Waals surface area contributed by atoms with E-state index in [1.807, 2.05) is 24.3 Å². The van der Waals surface area contributed by atoms with E-state index in [4.69, 9.17) is 5.73 Å². The molecule has 0 bridgehead atoms. The molecule has 0 aliphatic carbocycles. The van der Waals surface area contributed by atoms with E-state index in [9.17, 15) is 4.79 Å². The van der Waals surface area contributed by atoms with E-state index in [2.05, 4.69) is 22.2 Å². The van der Waals surface area contributed by atoms with Gasteiger partial charge < -0.3 is 16.4 Å². The lowest BCUT2D eigenvalue weighted by atomic mass is 9.97. The molecule has 0 radical (unpaired) electrons. The van der Waals surface area contributed by atoms with E-state index in [0.717, 1.165) is 11.3 Å². The van der Waals surface area contributed by atoms with Crippen LogP contribution in [0, 0.1) is 0 Å². The number of amides is 1. The topological polar surface area (TPSA) is 79.5 Å². The van der Waals surface area contributed by atoms with Crippen molar-refractivity contribution >= 4 is 17.6 Å². The van der Waals surface area contributed by atoms with Crippen molar-refractivity contribution in [3.05, 3.63) is 42.5 Å². The Balaban J connectivity index is 1.93. The summed E-state index contributed by atoms with van der Waals surface area (Å²) in [6.07, 6.45) is 2.36. The number of rotatable bonds is 5. The van der Waals surface area contributed by atoms with E-state index in [0.29, 0.717) is 25.5 Å². The molecule has 5 nitrogen and oxygen atoms in total. The van der Waals surface area contributed by atoms with Crippen LogP contribution in [0.2, 0.25) is 0 Å². The second kappa shape index (κ2) is 6.04. The first-order chi connectivity index (χ1) is 9.22. The lowest BCUT2D eigenvalue weighted by Crippen LogP contribution is -2.31. The third-order valence-electron chi connectivity index (χ3n) is 3.04. The Morgan fingerprint density at radius 2 is 2.32 bits per heavy atom. The predicted molar refractivity (Wildman–Crippen MR) is 77.1 cm³/mol. The molecule has 1 unspecified atom stereocenters. The first-order valence-corrected chi connectivity index (χ1v) is 6.27. The van der Waals surface area contributed by atoms with Crippen molar-refractivity contribution < 1.29 is 4.79 Å². The second-order valence-corrected chi connectivity index (χ2v) is 4.35. The number of fused-ring (bicyclic) bond motifs is 1. The zero-order valence-corrected chi connectivity index (χ0v) is 10.7. The van der Waals surface area contributed by atoms with Gasteiger partial charge in [0.2, 0.25) is 5.91 Å². The van der Waals surface area contributed by atoms with Crippen molar-refractivity contribution in [1.29, 1.82) is 0 Å². The van der Waals surface area contributed by atoms with Crippen molar-refractivity contribution in [2.75, 3.05) is 18.4 Å². The van der Waals surface area contributed by atoms with Crippen LogP contribution in [0.3, 0.4) is 0 Å². The van der Waals surface area contributed by atoms with E-state index in [-0.39, 0.29) is 11.8 Å². The first kappa shape index (κ1) is 13.1. The Labute approximate surface area is 112 Å². The second-order valence-electron chi connectivity index (χ2n) is 4.35. The number of para-hydroxylation sites is 1. The molecular formula is C14H18N4O. The van der Waals surface area contributed by atoms with Crippen LogP contribution in [0.25, 0.3) is 0 Å². The van der Waals surface area contributed by atoms with Gasteiger partial charge in [-0.15, -0.1) is 6.58 Å². The van der Waals surface area contributed by atoms with Gasteiger partial charge in [-0.25, -0.2) is 0 Å². The molecular weight excluding hydrogens is 240 g/mol. The van der Waals surface area contributed by atoms with Gasteiger partial charge in [0.15, 0.2) is 5.96 Å². The molecule has 1 aliphatic heterocycles. The number of carbonyl (C=O) groups excluding carboxylic acids is 1. The van der Waals surface area contributed by atoms with Crippen molar-refractivity contribution in [2.24, 2.45) is 10.7 Å². The number of guanidine groups is 1. The monoisotopic (exact) mass is 258 g/mol. The molecule has 1 amide bonds. The number of nitrogens with zero attached hydrogens (tertiary/aromatic N) is 1. The predicted octanol–water partition coefficient (Wildman–Crippen LogP) is 1.20. The average Bonchev–Trinajstić information content (AvgIpc) is 2.73. The molecule has 1 aliphatic rings. The molecule has 4 N–H and O–H groups in total. The van der Waals surface area contributed by atoms with Gasteiger partial charge in [0.05, 0.1) is 5.92 Å². The largest absolute Gasteiger partial charge is 0.370 e. The number of hydrogen-bond acceptors (Lipinski definition) is 2. The number of nitrogens with one attached hydrogen (secondary N) is 2. The highest BCUT2D eigenvalue weighted by Gasteiger charge is 2.29. The third kappa shape index (κ3) is 3.13. The number of anilines is 1. The molecule has 19 heavy (non-hydrogen) atoms. The lowest BCUT2D eigenvalue weighted by molar-refractivity contribution is -0.117. The summed E-state index contributed by atoms with van der Waals surface area (Å²) in [5.74, 6) is 0.285. The van der Waals surface area contributed by atoms with Gasteiger partial charge >= 0.3 is 0 Å². The summed E-state index contributed by atoms with van der Waals surface area (Å²) in [4.78, 5) is 16.0. The standard InChI is InChI=1S/C14H18N4O/c1-2-8-16-14(15)17-9-7-11-10-5-3-4-6-12(10)18-13(11)19/h2-6,11H,1,7-9H2,(H,18,19)(H3,15,16,17). The molecule has 0 saturated carbocycles. The SMILES string of the molecule is C=CCNC(N)=NCCC1C(=O)Nc2ccccc21. The highest BCUT2D eigenvalue weighted by Crippen LogP contribution is 2.34. The number of benzene rings is 1. The molecule has 1 aromatic rings. The Morgan fingerprint density at radius 3 is 3.11 bits per heavy atom. The summed E-state index contributed by atoms with van der Waals surface area (Å²) in [6.45, 7) is 4.69. The van der Waals surface area contributed by atoms with Gasteiger partial charge in [-0.05, 0) is 18.1 Å². The average molecular weight is 258 g/mol. The van der Waals surface area contributed by atoms with Crippen LogP contribution in [-0.2, 0) is 4.79 Å². The van der Waals surface area contributed by atoms with E-state index >= 15 is 0 Å². The van der Waals surface area contributed by atoms with Gasteiger partial charge in [-0.2, -0.15) is 0 Å². The molecule has 0 spiro atoms. The lowest BCUT2D eigenvalue weighted by Gasteiger charge is -2.07. The van der Waals surface area contributed by atoms with Gasteiger partial charge in [0, 0.05) is 18.8 Å². The van der Waals surface area contributed by atoms with Crippen molar-refractivity contribution in [2.45, 2.75) is 12.3 Å². The van der Waals surface area contributed by atoms with Gasteiger partial charge in [-0.3, -0.25) is 9.79 Å². The third-order valence-corrected chi connectivity index (χ3v) is 3.04. The Morgan fingerprint density at radius 1 is 1.53 bits per heavy atom. The van der Waals surface area contributed by atoms with E-state index < -0.39 is 0 Å². The molecule has 0 saturated heterocycles. The van der Waals surface area contributed by atoms with E-state index in [1.54, 1.807) is 6.08 Å². The summed E-state index contributed by atoms with van der Waals surface area (Å²) in [6, 6.07) is 7.74. The van der Waals surface area contributed by atoms with Crippen LogP contribution in [-0.4, -0.2) is 25.0 Å². The van der Waals surface area contributed by atoms with Crippen LogP contribution in [0.4, 0.5) is 5.69 Å². The smallest absolute Gasteiger partial charge is 0.232 e. The van der Waals surface area contributed by atoms with Crippen LogP contribution < -0.4 is 16.4 Å². The fraction of sp³-hybridized carbons (Fsp3) is 0.286. The van der Waals surface area contributed by atoms with Crippen molar-refractivity contribution in [3.8, 4) is 0 Å². The molecule has 100 valence electrons. The van der Waals surface area contributed by atoms with Gasteiger partial charge in [0.1, 0.15) is 0 Å². The summed E-state index contributed by atoms with van der Waals surface area (Å²) < 4.78 is 0. The zero-order valence-electron chi connectivity index (χ0n) is 10.7.